The molecule has 0 spiro atoms. The van der Waals surface area contributed by atoms with Crippen molar-refractivity contribution in [3.8, 4) is 17.2 Å². The highest BCUT2D eigenvalue weighted by Gasteiger charge is 2.69. The molecule has 4 nitrogen and oxygen atoms in total. The molecule has 1 aliphatic carbocycles. The van der Waals surface area contributed by atoms with Gasteiger partial charge in [0.2, 0.25) is 0 Å². The average Bonchev–Trinajstić information content (AvgIpc) is 3.16. The van der Waals surface area contributed by atoms with Crippen LogP contribution in [0.25, 0.3) is 0 Å². The first-order chi connectivity index (χ1) is 11.7. The van der Waals surface area contributed by atoms with Crippen molar-refractivity contribution < 1.29 is 32.5 Å². The fourth-order valence-electron chi connectivity index (χ4n) is 3.25. The van der Waals surface area contributed by atoms with Gasteiger partial charge in [-0.25, -0.2) is 0 Å². The topological polar surface area (TPSA) is 55.8 Å². The molecule has 2 unspecified atom stereocenters. The second-order valence-electron chi connectivity index (χ2n) is 6.33. The van der Waals surface area contributed by atoms with Crippen molar-refractivity contribution >= 4 is 5.97 Å². The molecule has 2 aromatic rings. The largest absolute Gasteiger partial charge is 0.488 e. The Bertz CT molecular complexity index is 890. The number of hydrogen-bond donors (Lipinski definition) is 1. The van der Waals surface area contributed by atoms with E-state index < -0.39 is 23.1 Å². The van der Waals surface area contributed by atoms with Crippen LogP contribution in [0, 0.1) is 6.92 Å². The first-order valence-electron chi connectivity index (χ1n) is 7.62. The van der Waals surface area contributed by atoms with Crippen molar-refractivity contribution in [3.63, 3.8) is 0 Å². The molecule has 25 heavy (non-hydrogen) atoms. The van der Waals surface area contributed by atoms with Crippen LogP contribution < -0.4 is 9.47 Å². The quantitative estimate of drug-likeness (QED) is 0.897. The van der Waals surface area contributed by atoms with E-state index in [-0.39, 0.29) is 6.10 Å². The summed E-state index contributed by atoms with van der Waals surface area (Å²) in [5, 5.41) is 9.39. The van der Waals surface area contributed by atoms with E-state index in [1.807, 2.05) is 0 Å². The lowest BCUT2D eigenvalue weighted by Crippen LogP contribution is -2.21. The molecule has 1 N–H and O–H groups in total. The van der Waals surface area contributed by atoms with E-state index >= 15 is 0 Å². The average molecular weight is 350 g/mol. The summed E-state index contributed by atoms with van der Waals surface area (Å²) < 4.78 is 49.4. The van der Waals surface area contributed by atoms with Gasteiger partial charge in [-0.1, -0.05) is 6.07 Å². The Morgan fingerprint density at radius 2 is 2.04 bits per heavy atom. The summed E-state index contributed by atoms with van der Waals surface area (Å²) >= 11 is 0. The number of fused-ring (bicyclic) bond motifs is 3. The molecule has 0 aromatic heterocycles. The molecule has 0 radical (unpaired) electrons. The van der Waals surface area contributed by atoms with Crippen molar-refractivity contribution in [3.05, 3.63) is 53.1 Å². The van der Waals surface area contributed by atoms with E-state index in [0.29, 0.717) is 34.8 Å². The summed E-state index contributed by atoms with van der Waals surface area (Å²) in [6.45, 7) is 1.53. The molecule has 7 heteroatoms. The smallest absolute Gasteiger partial charge is 0.416 e. The number of halogens is 3. The third kappa shape index (κ3) is 2.33. The minimum Gasteiger partial charge on any atom is -0.488 e. The van der Waals surface area contributed by atoms with Gasteiger partial charge in [-0.15, -0.1) is 0 Å². The first-order valence-corrected chi connectivity index (χ1v) is 7.62. The molecular weight excluding hydrogens is 337 g/mol. The predicted molar refractivity (Wildman–Crippen MR) is 81.0 cm³/mol. The summed E-state index contributed by atoms with van der Waals surface area (Å²) in [6, 6.07) is 8.07. The van der Waals surface area contributed by atoms with Crippen LogP contribution in [-0.2, 0) is 16.4 Å². The van der Waals surface area contributed by atoms with Gasteiger partial charge in [0.25, 0.3) is 0 Å². The van der Waals surface area contributed by atoms with Gasteiger partial charge in [-0.05, 0) is 36.8 Å². The van der Waals surface area contributed by atoms with E-state index in [4.69, 9.17) is 9.47 Å². The van der Waals surface area contributed by atoms with Crippen LogP contribution in [-0.4, -0.2) is 17.2 Å². The summed E-state index contributed by atoms with van der Waals surface area (Å²) in [6.07, 6.45) is -4.31. The summed E-state index contributed by atoms with van der Waals surface area (Å²) in [7, 11) is 0. The molecule has 0 bridgehead atoms. The molecule has 4 rings (SSSR count). The highest BCUT2D eigenvalue weighted by Crippen LogP contribution is 2.59. The van der Waals surface area contributed by atoms with Crippen LogP contribution in [0.3, 0.4) is 0 Å². The van der Waals surface area contributed by atoms with E-state index in [1.54, 1.807) is 18.2 Å². The van der Waals surface area contributed by atoms with Gasteiger partial charge in [0.15, 0.2) is 0 Å². The Morgan fingerprint density at radius 3 is 2.68 bits per heavy atom. The summed E-state index contributed by atoms with van der Waals surface area (Å²) in [5.74, 6) is 0.205. The van der Waals surface area contributed by atoms with Gasteiger partial charge < -0.3 is 14.6 Å². The molecule has 130 valence electrons. The van der Waals surface area contributed by atoms with Crippen LogP contribution in [0.5, 0.6) is 17.2 Å². The Kier molecular flexibility index (Phi) is 3.10. The Labute approximate surface area is 140 Å². The Morgan fingerprint density at radius 1 is 1.28 bits per heavy atom. The Hall–Kier alpha value is -2.70. The van der Waals surface area contributed by atoms with Gasteiger partial charge in [0.05, 0.1) is 5.56 Å². The molecule has 1 fully saturated rings. The van der Waals surface area contributed by atoms with Crippen molar-refractivity contribution in [1.29, 1.82) is 0 Å². The van der Waals surface area contributed by atoms with Crippen molar-refractivity contribution in [2.45, 2.75) is 31.0 Å². The monoisotopic (exact) mass is 350 g/mol. The number of carbonyl (C=O) groups is 1. The normalized spacial score (nSPS) is 23.4. The van der Waals surface area contributed by atoms with Crippen LogP contribution in [0.4, 0.5) is 13.2 Å². The molecule has 2 atom stereocenters. The Balaban J connectivity index is 1.60. The maximum atomic E-state index is 12.7. The highest BCUT2D eigenvalue weighted by molar-refractivity contribution is 5.89. The minimum absolute atomic E-state index is 0.295. The maximum absolute atomic E-state index is 12.7. The summed E-state index contributed by atoms with van der Waals surface area (Å²) in [5.41, 5.74) is -0.737. The second kappa shape index (κ2) is 4.91. The number of carboxylic acid groups (broad SMARTS) is 1. The van der Waals surface area contributed by atoms with Crippen molar-refractivity contribution in [2.24, 2.45) is 0 Å². The molecule has 2 aromatic carbocycles. The molecule has 0 saturated heterocycles. The second-order valence-corrected chi connectivity index (χ2v) is 6.33. The third-order valence-electron chi connectivity index (χ3n) is 4.71. The van der Waals surface area contributed by atoms with Crippen molar-refractivity contribution in [1.82, 2.24) is 0 Å². The fourth-order valence-corrected chi connectivity index (χ4v) is 3.25. The van der Waals surface area contributed by atoms with E-state index in [1.165, 1.54) is 13.0 Å². The van der Waals surface area contributed by atoms with Crippen LogP contribution >= 0.6 is 0 Å². The number of aliphatic carboxylic acids is 1. The van der Waals surface area contributed by atoms with Gasteiger partial charge in [0.1, 0.15) is 28.8 Å². The molecule has 2 aliphatic rings. The fraction of sp³-hybridized carbons (Fsp3) is 0.278. The highest BCUT2D eigenvalue weighted by atomic mass is 19.4. The van der Waals surface area contributed by atoms with Crippen LogP contribution in [0.2, 0.25) is 0 Å². The van der Waals surface area contributed by atoms with Crippen LogP contribution in [0.15, 0.2) is 36.4 Å². The SMILES string of the molecule is Cc1cc(C(F)(F)F)ccc1Oc1ccc2c(c1)OC1CC21C(=O)O. The predicted octanol–water partition coefficient (Wildman–Crippen LogP) is 4.29. The third-order valence-corrected chi connectivity index (χ3v) is 4.71. The maximum Gasteiger partial charge on any atom is 0.416 e. The number of carboxylic acids is 1. The number of aryl methyl sites for hydroxylation is 1. The number of hydrogen-bond acceptors (Lipinski definition) is 3. The zero-order valence-corrected chi connectivity index (χ0v) is 13.1. The molecule has 1 saturated carbocycles. The number of rotatable bonds is 3. The van der Waals surface area contributed by atoms with Crippen molar-refractivity contribution in [2.75, 3.05) is 0 Å². The van der Waals surface area contributed by atoms with Gasteiger partial charge in [-0.3, -0.25) is 4.79 Å². The number of ether oxygens (including phenoxy) is 2. The number of alkyl halides is 3. The van der Waals surface area contributed by atoms with Gasteiger partial charge in [0, 0.05) is 18.1 Å². The number of benzene rings is 2. The minimum atomic E-state index is -4.41. The zero-order valence-electron chi connectivity index (χ0n) is 13.1. The molecule has 1 aliphatic heterocycles. The standard InChI is InChI=1S/C18H13F3O4/c1-9-6-10(18(19,20)21)2-5-13(9)24-11-3-4-12-14(7-11)25-15-8-17(12,15)16(22)23/h2-7,15H,8H2,1H3,(H,22,23). The molecular formula is C18H13F3O4. The molecule has 0 amide bonds. The van der Waals surface area contributed by atoms with Crippen LogP contribution in [0.1, 0.15) is 23.1 Å². The lowest BCUT2D eigenvalue weighted by Gasteiger charge is -2.13. The summed E-state index contributed by atoms with van der Waals surface area (Å²) in [4.78, 5) is 11.5. The molecule has 1 heterocycles. The van der Waals surface area contributed by atoms with E-state index in [9.17, 15) is 23.1 Å². The van der Waals surface area contributed by atoms with E-state index in [2.05, 4.69) is 0 Å². The van der Waals surface area contributed by atoms with Gasteiger partial charge in [-0.2, -0.15) is 13.2 Å². The first kappa shape index (κ1) is 15.8. The lowest BCUT2D eigenvalue weighted by atomic mass is 9.96. The van der Waals surface area contributed by atoms with Gasteiger partial charge >= 0.3 is 12.1 Å². The zero-order chi connectivity index (χ0) is 18.0. The lowest BCUT2D eigenvalue weighted by molar-refractivity contribution is -0.140. The van der Waals surface area contributed by atoms with E-state index in [0.717, 1.165) is 12.1 Å².